The van der Waals surface area contributed by atoms with E-state index in [1.54, 1.807) is 0 Å². The van der Waals surface area contributed by atoms with Gasteiger partial charge in [-0.15, -0.1) is 0 Å². The van der Waals surface area contributed by atoms with Gasteiger partial charge in [-0.2, -0.15) is 0 Å². The van der Waals surface area contributed by atoms with Gasteiger partial charge in [0.1, 0.15) is 0 Å². The number of thiazole rings is 1. The third-order valence-electron chi connectivity index (χ3n) is 3.98. The van der Waals surface area contributed by atoms with Crippen LogP contribution in [0.5, 0.6) is 0 Å². The fraction of sp³-hybridized carbons (Fsp3) is 0.389. The van der Waals surface area contributed by atoms with Gasteiger partial charge in [-0.1, -0.05) is 55.5 Å². The lowest BCUT2D eigenvalue weighted by molar-refractivity contribution is -0.119. The molecule has 121 valence electrons. The van der Waals surface area contributed by atoms with Crippen LogP contribution in [0.15, 0.2) is 36.5 Å². The van der Waals surface area contributed by atoms with E-state index in [9.17, 15) is 4.79 Å². The SMILES string of the molecule is C[C](C)CN1CC[C@H](C(=O)Nc2ncc(-c3ccccc3)s2)C1. The Morgan fingerprint density at radius 3 is 2.87 bits per heavy atom. The zero-order chi connectivity index (χ0) is 16.2. The molecule has 1 aliphatic heterocycles. The first-order valence-electron chi connectivity index (χ1n) is 7.95. The molecule has 4 nitrogen and oxygen atoms in total. The van der Waals surface area contributed by atoms with Crippen molar-refractivity contribution in [2.45, 2.75) is 20.3 Å². The second-order valence-corrected chi connectivity index (χ2v) is 7.34. The molecule has 0 aliphatic carbocycles. The minimum absolute atomic E-state index is 0.0680. The average molecular weight is 328 g/mol. The summed E-state index contributed by atoms with van der Waals surface area (Å²) in [6.07, 6.45) is 2.75. The molecule has 0 spiro atoms. The average Bonchev–Trinajstić information content (AvgIpc) is 3.17. The van der Waals surface area contributed by atoms with Crippen molar-refractivity contribution in [3.05, 3.63) is 42.4 Å². The van der Waals surface area contributed by atoms with E-state index in [0.717, 1.165) is 36.5 Å². The van der Waals surface area contributed by atoms with E-state index >= 15 is 0 Å². The first kappa shape index (κ1) is 16.1. The van der Waals surface area contributed by atoms with Crippen LogP contribution in [0.2, 0.25) is 0 Å². The van der Waals surface area contributed by atoms with Gasteiger partial charge in [0.15, 0.2) is 5.13 Å². The maximum Gasteiger partial charge on any atom is 0.230 e. The van der Waals surface area contributed by atoms with Crippen LogP contribution in [0.25, 0.3) is 10.4 Å². The summed E-state index contributed by atoms with van der Waals surface area (Å²) in [6, 6.07) is 10.1. The molecule has 1 saturated heterocycles. The zero-order valence-corrected chi connectivity index (χ0v) is 14.4. The van der Waals surface area contributed by atoms with Crippen LogP contribution in [-0.4, -0.2) is 35.4 Å². The standard InChI is InChI=1S/C18H22N3OS/c1-13(2)11-21-9-8-15(12-21)17(22)20-18-19-10-16(23-18)14-6-4-3-5-7-14/h3-7,10,15H,8-9,11-12H2,1-2H3,(H,19,20,22)/t15-/m0/s1. The predicted octanol–water partition coefficient (Wildman–Crippen LogP) is 3.68. The molecule has 1 aromatic carbocycles. The second-order valence-electron chi connectivity index (χ2n) is 6.31. The molecule has 5 heteroatoms. The highest BCUT2D eigenvalue weighted by molar-refractivity contribution is 7.19. The zero-order valence-electron chi connectivity index (χ0n) is 13.6. The van der Waals surface area contributed by atoms with Gasteiger partial charge >= 0.3 is 0 Å². The Balaban J connectivity index is 1.58. The number of amides is 1. The number of likely N-dealkylation sites (tertiary alicyclic amines) is 1. The summed E-state index contributed by atoms with van der Waals surface area (Å²) in [6.45, 7) is 7.09. The molecule has 3 rings (SSSR count). The van der Waals surface area contributed by atoms with Crippen LogP contribution >= 0.6 is 11.3 Å². The molecular weight excluding hydrogens is 306 g/mol. The van der Waals surface area contributed by atoms with Crippen molar-refractivity contribution >= 4 is 22.4 Å². The van der Waals surface area contributed by atoms with Crippen LogP contribution < -0.4 is 5.32 Å². The second kappa shape index (κ2) is 7.23. The monoisotopic (exact) mass is 328 g/mol. The number of anilines is 1. The number of hydrogen-bond donors (Lipinski definition) is 1. The number of carbonyl (C=O) groups excluding carboxylic acids is 1. The number of aromatic nitrogens is 1. The highest BCUT2D eigenvalue weighted by atomic mass is 32.1. The van der Waals surface area contributed by atoms with E-state index in [-0.39, 0.29) is 11.8 Å². The smallest absolute Gasteiger partial charge is 0.230 e. The number of hydrogen-bond acceptors (Lipinski definition) is 4. The molecule has 1 radical (unpaired) electrons. The van der Waals surface area contributed by atoms with E-state index < -0.39 is 0 Å². The fourth-order valence-corrected chi connectivity index (χ4v) is 3.74. The van der Waals surface area contributed by atoms with E-state index in [2.05, 4.69) is 41.2 Å². The molecule has 2 aromatic rings. The Morgan fingerprint density at radius 2 is 2.13 bits per heavy atom. The van der Waals surface area contributed by atoms with Crippen molar-refractivity contribution in [1.29, 1.82) is 0 Å². The maximum absolute atomic E-state index is 12.4. The molecular formula is C18H22N3OS. The minimum atomic E-state index is 0.0680. The molecule has 1 aliphatic rings. The number of nitrogens with one attached hydrogen (secondary N) is 1. The molecule has 0 bridgehead atoms. The molecule has 2 heterocycles. The van der Waals surface area contributed by atoms with Gasteiger partial charge < -0.3 is 10.2 Å². The molecule has 1 aromatic heterocycles. The van der Waals surface area contributed by atoms with Gasteiger partial charge in [-0.25, -0.2) is 4.98 Å². The van der Waals surface area contributed by atoms with Crippen LogP contribution in [-0.2, 0) is 4.79 Å². The number of nitrogens with zero attached hydrogens (tertiary/aromatic N) is 2. The van der Waals surface area contributed by atoms with Gasteiger partial charge in [0, 0.05) is 19.3 Å². The maximum atomic E-state index is 12.4. The first-order valence-corrected chi connectivity index (χ1v) is 8.77. The van der Waals surface area contributed by atoms with Crippen LogP contribution in [0.4, 0.5) is 5.13 Å². The van der Waals surface area contributed by atoms with Gasteiger partial charge in [-0.3, -0.25) is 4.79 Å². The summed E-state index contributed by atoms with van der Waals surface area (Å²) in [5, 5.41) is 3.67. The fourth-order valence-electron chi connectivity index (χ4n) is 2.91. The van der Waals surface area contributed by atoms with E-state index in [0.29, 0.717) is 5.13 Å². The van der Waals surface area contributed by atoms with Crippen molar-refractivity contribution in [3.63, 3.8) is 0 Å². The molecule has 1 atom stereocenters. The third kappa shape index (κ3) is 4.18. The quantitative estimate of drug-likeness (QED) is 0.910. The highest BCUT2D eigenvalue weighted by Crippen LogP contribution is 2.29. The van der Waals surface area contributed by atoms with Crippen molar-refractivity contribution in [2.24, 2.45) is 5.92 Å². The van der Waals surface area contributed by atoms with Crippen molar-refractivity contribution in [2.75, 3.05) is 25.0 Å². The predicted molar refractivity (Wildman–Crippen MR) is 95.3 cm³/mol. The summed E-state index contributed by atoms with van der Waals surface area (Å²) < 4.78 is 0. The lowest BCUT2D eigenvalue weighted by atomic mass is 10.1. The summed E-state index contributed by atoms with van der Waals surface area (Å²) in [4.78, 5) is 20.2. The molecule has 0 saturated carbocycles. The molecule has 1 fully saturated rings. The van der Waals surface area contributed by atoms with Gasteiger partial charge in [0.05, 0.1) is 10.8 Å². The topological polar surface area (TPSA) is 45.2 Å². The normalized spacial score (nSPS) is 18.5. The number of rotatable bonds is 5. The highest BCUT2D eigenvalue weighted by Gasteiger charge is 2.28. The summed E-state index contributed by atoms with van der Waals surface area (Å²) in [5.74, 6) is 1.55. The lowest BCUT2D eigenvalue weighted by Gasteiger charge is -2.17. The van der Waals surface area contributed by atoms with Crippen molar-refractivity contribution < 1.29 is 4.79 Å². The van der Waals surface area contributed by atoms with Crippen molar-refractivity contribution in [1.82, 2.24) is 9.88 Å². The van der Waals surface area contributed by atoms with Gasteiger partial charge in [0.25, 0.3) is 0 Å². The Kier molecular flexibility index (Phi) is 5.08. The number of benzene rings is 1. The third-order valence-corrected chi connectivity index (χ3v) is 4.94. The summed E-state index contributed by atoms with van der Waals surface area (Å²) in [5.41, 5.74) is 1.13. The Hall–Kier alpha value is -1.72. The molecule has 0 unspecified atom stereocenters. The molecule has 1 amide bonds. The summed E-state index contributed by atoms with van der Waals surface area (Å²) >= 11 is 1.52. The van der Waals surface area contributed by atoms with E-state index in [1.165, 1.54) is 17.3 Å². The van der Waals surface area contributed by atoms with E-state index in [4.69, 9.17) is 0 Å². The number of carbonyl (C=O) groups is 1. The Morgan fingerprint density at radius 1 is 1.35 bits per heavy atom. The van der Waals surface area contributed by atoms with Crippen molar-refractivity contribution in [3.8, 4) is 10.4 Å². The van der Waals surface area contributed by atoms with Crippen LogP contribution in [0, 0.1) is 11.8 Å². The Bertz CT molecular complexity index is 653. The van der Waals surface area contributed by atoms with E-state index in [1.807, 2.05) is 24.4 Å². The largest absolute Gasteiger partial charge is 0.302 e. The van der Waals surface area contributed by atoms with Gasteiger partial charge in [0.2, 0.25) is 5.91 Å². The molecule has 1 N–H and O–H groups in total. The molecule has 23 heavy (non-hydrogen) atoms. The Labute approximate surface area is 141 Å². The lowest BCUT2D eigenvalue weighted by Crippen LogP contribution is -2.28. The summed E-state index contributed by atoms with van der Waals surface area (Å²) in [7, 11) is 0. The first-order chi connectivity index (χ1) is 11.1. The van der Waals surface area contributed by atoms with Crippen LogP contribution in [0.3, 0.4) is 0 Å². The minimum Gasteiger partial charge on any atom is -0.302 e. The van der Waals surface area contributed by atoms with Crippen LogP contribution in [0.1, 0.15) is 20.3 Å². The van der Waals surface area contributed by atoms with Gasteiger partial charge in [-0.05, 0) is 24.4 Å².